The van der Waals surface area contributed by atoms with Gasteiger partial charge in [-0.3, -0.25) is 4.79 Å². The smallest absolute Gasteiger partial charge is 0.227 e. The highest BCUT2D eigenvalue weighted by Crippen LogP contribution is 2.25. The Kier molecular flexibility index (Phi) is 3.97. The highest BCUT2D eigenvalue weighted by molar-refractivity contribution is 5.92. The fourth-order valence-electron chi connectivity index (χ4n) is 2.42. The molecule has 4 heteroatoms. The van der Waals surface area contributed by atoms with Crippen LogP contribution >= 0.6 is 0 Å². The molecule has 0 bridgehead atoms. The van der Waals surface area contributed by atoms with E-state index in [-0.39, 0.29) is 29.4 Å². The quantitative estimate of drug-likeness (QED) is 0.847. The first-order chi connectivity index (χ1) is 8.56. The predicted octanol–water partition coefficient (Wildman–Crippen LogP) is 2.59. The Morgan fingerprint density at radius 1 is 1.44 bits per heavy atom. The van der Waals surface area contributed by atoms with Gasteiger partial charge < -0.3 is 11.1 Å². The lowest BCUT2D eigenvalue weighted by molar-refractivity contribution is -0.120. The van der Waals surface area contributed by atoms with E-state index in [2.05, 4.69) is 5.32 Å². The molecule has 0 radical (unpaired) electrons. The Labute approximate surface area is 107 Å². The SMILES string of the molecule is Cc1ccc(NC(=O)C2CCCC(N)C2)c(F)c1. The molecule has 2 atom stereocenters. The standard InChI is InChI=1S/C14H19FN2O/c1-9-5-6-13(12(15)7-9)17-14(18)10-3-2-4-11(16)8-10/h5-7,10-11H,2-4,8,16H2,1H3,(H,17,18). The lowest BCUT2D eigenvalue weighted by Crippen LogP contribution is -2.34. The summed E-state index contributed by atoms with van der Waals surface area (Å²) in [5.41, 5.74) is 6.94. The molecule has 1 fully saturated rings. The monoisotopic (exact) mass is 250 g/mol. The molecule has 0 saturated heterocycles. The number of amides is 1. The van der Waals surface area contributed by atoms with Gasteiger partial charge in [0.05, 0.1) is 5.69 Å². The number of anilines is 1. The number of aryl methyl sites for hydroxylation is 1. The summed E-state index contributed by atoms with van der Waals surface area (Å²) in [5.74, 6) is -0.592. The number of halogens is 1. The molecule has 3 N–H and O–H groups in total. The van der Waals surface area contributed by atoms with Crippen LogP contribution in [0.25, 0.3) is 0 Å². The zero-order valence-electron chi connectivity index (χ0n) is 10.6. The molecule has 1 aromatic rings. The van der Waals surface area contributed by atoms with Crippen molar-refractivity contribution in [3.05, 3.63) is 29.6 Å². The molecule has 3 nitrogen and oxygen atoms in total. The van der Waals surface area contributed by atoms with E-state index in [1.807, 2.05) is 6.92 Å². The van der Waals surface area contributed by atoms with Gasteiger partial charge in [0.25, 0.3) is 0 Å². The van der Waals surface area contributed by atoms with Gasteiger partial charge in [-0.1, -0.05) is 12.5 Å². The number of benzene rings is 1. The molecule has 1 aliphatic rings. The van der Waals surface area contributed by atoms with Gasteiger partial charge in [0.1, 0.15) is 5.82 Å². The van der Waals surface area contributed by atoms with E-state index in [0.29, 0.717) is 6.42 Å². The number of nitrogens with two attached hydrogens (primary N) is 1. The molecule has 0 heterocycles. The van der Waals surface area contributed by atoms with Crippen LogP contribution < -0.4 is 11.1 Å². The Morgan fingerprint density at radius 3 is 2.89 bits per heavy atom. The summed E-state index contributed by atoms with van der Waals surface area (Å²) < 4.78 is 13.6. The van der Waals surface area contributed by atoms with Crippen LogP contribution in [0, 0.1) is 18.7 Å². The second kappa shape index (κ2) is 5.48. The van der Waals surface area contributed by atoms with Crippen molar-refractivity contribution in [3.8, 4) is 0 Å². The fourth-order valence-corrected chi connectivity index (χ4v) is 2.42. The van der Waals surface area contributed by atoms with Gasteiger partial charge in [0.15, 0.2) is 0 Å². The largest absolute Gasteiger partial charge is 0.328 e. The summed E-state index contributed by atoms with van der Waals surface area (Å²) in [6.07, 6.45) is 3.48. The molecular weight excluding hydrogens is 231 g/mol. The maximum Gasteiger partial charge on any atom is 0.227 e. The van der Waals surface area contributed by atoms with Gasteiger partial charge in [-0.25, -0.2) is 4.39 Å². The van der Waals surface area contributed by atoms with Crippen LogP contribution in [0.5, 0.6) is 0 Å². The Hall–Kier alpha value is -1.42. The minimum absolute atomic E-state index is 0.0885. The maximum absolute atomic E-state index is 13.6. The number of hydrogen-bond donors (Lipinski definition) is 2. The maximum atomic E-state index is 13.6. The van der Waals surface area contributed by atoms with Crippen molar-refractivity contribution in [1.29, 1.82) is 0 Å². The van der Waals surface area contributed by atoms with Crippen LogP contribution in [0.4, 0.5) is 10.1 Å². The van der Waals surface area contributed by atoms with E-state index in [1.54, 1.807) is 12.1 Å². The predicted molar refractivity (Wildman–Crippen MR) is 69.7 cm³/mol. The van der Waals surface area contributed by atoms with Crippen LogP contribution in [-0.2, 0) is 4.79 Å². The summed E-state index contributed by atoms with van der Waals surface area (Å²) in [6, 6.07) is 4.90. The third-order valence-electron chi connectivity index (χ3n) is 3.47. The minimum atomic E-state index is -0.386. The molecule has 98 valence electrons. The number of nitrogens with one attached hydrogen (secondary N) is 1. The fraction of sp³-hybridized carbons (Fsp3) is 0.500. The summed E-state index contributed by atoms with van der Waals surface area (Å²) in [6.45, 7) is 1.81. The van der Waals surface area contributed by atoms with E-state index < -0.39 is 0 Å². The van der Waals surface area contributed by atoms with E-state index in [1.165, 1.54) is 6.07 Å². The molecule has 1 aromatic carbocycles. The Balaban J connectivity index is 2.02. The molecule has 1 saturated carbocycles. The number of rotatable bonds is 2. The van der Waals surface area contributed by atoms with E-state index in [0.717, 1.165) is 24.8 Å². The molecule has 1 amide bonds. The third kappa shape index (κ3) is 3.07. The minimum Gasteiger partial charge on any atom is -0.328 e. The third-order valence-corrected chi connectivity index (χ3v) is 3.47. The molecule has 1 aliphatic carbocycles. The van der Waals surface area contributed by atoms with Crippen molar-refractivity contribution in [3.63, 3.8) is 0 Å². The highest BCUT2D eigenvalue weighted by atomic mass is 19.1. The second-order valence-corrected chi connectivity index (χ2v) is 5.10. The average molecular weight is 250 g/mol. The number of carbonyl (C=O) groups excluding carboxylic acids is 1. The van der Waals surface area contributed by atoms with Gasteiger partial charge in [-0.05, 0) is 43.9 Å². The molecule has 2 rings (SSSR count). The lowest BCUT2D eigenvalue weighted by atomic mass is 9.85. The average Bonchev–Trinajstić information content (AvgIpc) is 2.32. The first kappa shape index (κ1) is 13.0. The van der Waals surface area contributed by atoms with Crippen LogP contribution in [0.15, 0.2) is 18.2 Å². The van der Waals surface area contributed by atoms with Crippen molar-refractivity contribution >= 4 is 11.6 Å². The topological polar surface area (TPSA) is 55.1 Å². The second-order valence-electron chi connectivity index (χ2n) is 5.10. The van der Waals surface area contributed by atoms with Gasteiger partial charge in [-0.15, -0.1) is 0 Å². The Bertz CT molecular complexity index is 447. The van der Waals surface area contributed by atoms with Crippen molar-refractivity contribution in [2.24, 2.45) is 11.7 Å². The van der Waals surface area contributed by atoms with E-state index >= 15 is 0 Å². The van der Waals surface area contributed by atoms with Crippen LogP contribution in [-0.4, -0.2) is 11.9 Å². The van der Waals surface area contributed by atoms with Gasteiger partial charge in [0.2, 0.25) is 5.91 Å². The molecule has 18 heavy (non-hydrogen) atoms. The van der Waals surface area contributed by atoms with Crippen molar-refractivity contribution < 1.29 is 9.18 Å². The lowest BCUT2D eigenvalue weighted by Gasteiger charge is -2.25. The van der Waals surface area contributed by atoms with Crippen molar-refractivity contribution in [2.45, 2.75) is 38.6 Å². The first-order valence-corrected chi connectivity index (χ1v) is 6.39. The van der Waals surface area contributed by atoms with E-state index in [4.69, 9.17) is 5.73 Å². The zero-order chi connectivity index (χ0) is 13.1. The molecule has 0 spiro atoms. The van der Waals surface area contributed by atoms with Crippen molar-refractivity contribution in [1.82, 2.24) is 0 Å². The van der Waals surface area contributed by atoms with Crippen molar-refractivity contribution in [2.75, 3.05) is 5.32 Å². The van der Waals surface area contributed by atoms with Crippen LogP contribution in [0.2, 0.25) is 0 Å². The van der Waals surface area contributed by atoms with Gasteiger partial charge >= 0.3 is 0 Å². The molecule has 0 aromatic heterocycles. The molecule has 0 aliphatic heterocycles. The highest BCUT2D eigenvalue weighted by Gasteiger charge is 2.25. The van der Waals surface area contributed by atoms with Crippen LogP contribution in [0.1, 0.15) is 31.2 Å². The summed E-state index contributed by atoms with van der Waals surface area (Å²) in [5, 5.41) is 2.66. The first-order valence-electron chi connectivity index (χ1n) is 6.39. The molecular formula is C14H19FN2O. The number of hydrogen-bond acceptors (Lipinski definition) is 2. The van der Waals surface area contributed by atoms with Crippen LogP contribution in [0.3, 0.4) is 0 Å². The number of carbonyl (C=O) groups is 1. The van der Waals surface area contributed by atoms with E-state index in [9.17, 15) is 9.18 Å². The summed E-state index contributed by atoms with van der Waals surface area (Å²) >= 11 is 0. The van der Waals surface area contributed by atoms with Gasteiger partial charge in [0, 0.05) is 12.0 Å². The van der Waals surface area contributed by atoms with Gasteiger partial charge in [-0.2, -0.15) is 0 Å². The normalized spacial score (nSPS) is 23.7. The Morgan fingerprint density at radius 2 is 2.22 bits per heavy atom. The molecule has 2 unspecified atom stereocenters. The summed E-state index contributed by atoms with van der Waals surface area (Å²) in [4.78, 5) is 12.0. The summed E-state index contributed by atoms with van der Waals surface area (Å²) in [7, 11) is 0. The zero-order valence-corrected chi connectivity index (χ0v) is 10.6.